The van der Waals surface area contributed by atoms with Gasteiger partial charge < -0.3 is 0 Å². The molecule has 0 radical (unpaired) electrons. The van der Waals surface area contributed by atoms with Gasteiger partial charge in [-0.05, 0) is 13.8 Å². The van der Waals surface area contributed by atoms with E-state index < -0.39 is 0 Å². The first-order valence-corrected chi connectivity index (χ1v) is 2.87. The number of hydrogen-bond acceptors (Lipinski definition) is 1. The summed E-state index contributed by atoms with van der Waals surface area (Å²) in [6, 6.07) is 0.146. The summed E-state index contributed by atoms with van der Waals surface area (Å²) in [5.74, 6) is 0. The highest BCUT2D eigenvalue weighted by atomic mass is 35.5. The normalized spacial score (nSPS) is 15.6. The van der Waals surface area contributed by atoms with E-state index >= 15 is 0 Å². The highest BCUT2D eigenvalue weighted by Crippen LogP contribution is 1.92. The summed E-state index contributed by atoms with van der Waals surface area (Å²) in [5.41, 5.74) is 0. The average molecular weight is 132 g/mol. The lowest BCUT2D eigenvalue weighted by Crippen LogP contribution is -1.92. The van der Waals surface area contributed by atoms with Crippen molar-refractivity contribution in [1.82, 2.24) is 0 Å². The molecular weight excluding hydrogens is 122 g/mol. The van der Waals surface area contributed by atoms with E-state index in [1.54, 1.807) is 13.0 Å². The van der Waals surface area contributed by atoms with Crippen LogP contribution in [-0.4, -0.2) is 11.2 Å². The van der Waals surface area contributed by atoms with E-state index in [1.807, 2.05) is 6.92 Å². The van der Waals surface area contributed by atoms with Gasteiger partial charge in [-0.3, -0.25) is 4.99 Å². The van der Waals surface area contributed by atoms with Crippen LogP contribution in [0.2, 0.25) is 0 Å². The number of nitrogens with zero attached hydrogens (tertiary/aromatic N) is 1. The van der Waals surface area contributed by atoms with Crippen LogP contribution in [0.3, 0.4) is 0 Å². The minimum Gasteiger partial charge on any atom is -0.271 e. The fourth-order valence-corrected chi connectivity index (χ4v) is 0.487. The van der Waals surface area contributed by atoms with Crippen molar-refractivity contribution in [3.63, 3.8) is 0 Å². The molecule has 0 spiro atoms. The van der Waals surface area contributed by atoms with Crippen molar-refractivity contribution < 1.29 is 0 Å². The third kappa shape index (κ3) is 3.88. The van der Waals surface area contributed by atoms with Gasteiger partial charge in [0.25, 0.3) is 0 Å². The molecule has 0 aliphatic heterocycles. The molecule has 1 unspecified atom stereocenters. The van der Waals surface area contributed by atoms with Crippen LogP contribution < -0.4 is 0 Å². The van der Waals surface area contributed by atoms with Gasteiger partial charge in [-0.2, -0.15) is 0 Å². The molecule has 1 atom stereocenters. The second kappa shape index (κ2) is 3.67. The van der Waals surface area contributed by atoms with Crippen molar-refractivity contribution in [3.8, 4) is 0 Å². The van der Waals surface area contributed by atoms with Gasteiger partial charge >= 0.3 is 0 Å². The molecule has 1 nitrogen and oxygen atoms in total. The zero-order chi connectivity index (χ0) is 6.57. The summed E-state index contributed by atoms with van der Waals surface area (Å²) in [7, 11) is 0. The van der Waals surface area contributed by atoms with Gasteiger partial charge in [-0.1, -0.05) is 17.7 Å². The van der Waals surface area contributed by atoms with E-state index in [4.69, 9.17) is 11.6 Å². The second-order valence-corrected chi connectivity index (χ2v) is 2.15. The van der Waals surface area contributed by atoms with E-state index in [2.05, 4.69) is 11.6 Å². The van der Waals surface area contributed by atoms with Gasteiger partial charge in [0.1, 0.15) is 0 Å². The lowest BCUT2D eigenvalue weighted by molar-refractivity contribution is 0.932. The molecule has 0 rings (SSSR count). The lowest BCUT2D eigenvalue weighted by atomic mass is 10.4. The predicted molar refractivity (Wildman–Crippen MR) is 38.6 cm³/mol. The topological polar surface area (TPSA) is 12.4 Å². The van der Waals surface area contributed by atoms with Crippen LogP contribution >= 0.6 is 11.6 Å². The van der Waals surface area contributed by atoms with Crippen molar-refractivity contribution in [2.75, 3.05) is 0 Å². The second-order valence-electron chi connectivity index (χ2n) is 1.60. The SMILES string of the molecule is C=CC(C)N=C(C)Cl. The molecule has 8 heavy (non-hydrogen) atoms. The Balaban J connectivity index is 3.68. The summed E-state index contributed by atoms with van der Waals surface area (Å²) < 4.78 is 0. The average Bonchev–Trinajstić information content (AvgIpc) is 1.65. The molecule has 0 amide bonds. The summed E-state index contributed by atoms with van der Waals surface area (Å²) >= 11 is 5.45. The van der Waals surface area contributed by atoms with Gasteiger partial charge in [-0.15, -0.1) is 6.58 Å². The Morgan fingerprint density at radius 1 is 1.88 bits per heavy atom. The van der Waals surface area contributed by atoms with Crippen molar-refractivity contribution in [2.24, 2.45) is 4.99 Å². The van der Waals surface area contributed by atoms with E-state index in [0.717, 1.165) is 0 Å². The summed E-state index contributed by atoms with van der Waals surface area (Å²) in [4.78, 5) is 3.96. The van der Waals surface area contributed by atoms with E-state index in [9.17, 15) is 0 Å². The Morgan fingerprint density at radius 2 is 2.38 bits per heavy atom. The fraction of sp³-hybridized carbons (Fsp3) is 0.500. The number of rotatable bonds is 2. The largest absolute Gasteiger partial charge is 0.271 e. The van der Waals surface area contributed by atoms with Crippen LogP contribution in [0, 0.1) is 0 Å². The highest BCUT2D eigenvalue weighted by molar-refractivity contribution is 6.64. The molecule has 46 valence electrons. The Hall–Kier alpha value is -0.300. The maximum Gasteiger partial charge on any atom is 0.0979 e. The molecule has 0 aromatic carbocycles. The van der Waals surface area contributed by atoms with E-state index in [1.165, 1.54) is 0 Å². The van der Waals surface area contributed by atoms with E-state index in [-0.39, 0.29) is 6.04 Å². The Morgan fingerprint density at radius 3 is 2.50 bits per heavy atom. The summed E-state index contributed by atoms with van der Waals surface area (Å²) in [5, 5.41) is 0.581. The molecule has 0 aliphatic carbocycles. The zero-order valence-electron chi connectivity index (χ0n) is 5.19. The Kier molecular flexibility index (Phi) is 3.53. The standard InChI is InChI=1S/C6H10ClN/c1-4-5(2)8-6(3)7/h4-5H,1H2,2-3H3. The third-order valence-corrected chi connectivity index (χ3v) is 0.820. The molecule has 0 saturated carbocycles. The molecule has 0 bridgehead atoms. The number of halogens is 1. The van der Waals surface area contributed by atoms with Gasteiger partial charge in [0.2, 0.25) is 0 Å². The Bertz CT molecular complexity index is 103. The molecule has 0 saturated heterocycles. The van der Waals surface area contributed by atoms with Gasteiger partial charge in [-0.25, -0.2) is 0 Å². The maximum absolute atomic E-state index is 5.45. The molecule has 0 aromatic heterocycles. The zero-order valence-corrected chi connectivity index (χ0v) is 5.94. The van der Waals surface area contributed by atoms with Crippen LogP contribution in [0.25, 0.3) is 0 Å². The lowest BCUT2D eigenvalue weighted by Gasteiger charge is -1.94. The van der Waals surface area contributed by atoms with Crippen LogP contribution in [0.1, 0.15) is 13.8 Å². The van der Waals surface area contributed by atoms with Gasteiger partial charge in [0.05, 0.1) is 11.2 Å². The maximum atomic E-state index is 5.45. The Labute approximate surface area is 55.1 Å². The molecule has 2 heteroatoms. The van der Waals surface area contributed by atoms with Crippen LogP contribution in [0.4, 0.5) is 0 Å². The van der Waals surface area contributed by atoms with Gasteiger partial charge in [0, 0.05) is 0 Å². The minimum atomic E-state index is 0.146. The molecule has 0 aromatic rings. The smallest absolute Gasteiger partial charge is 0.0979 e. The fourth-order valence-electron chi connectivity index (χ4n) is 0.333. The molecule has 0 heterocycles. The first-order chi connectivity index (χ1) is 3.66. The van der Waals surface area contributed by atoms with Crippen molar-refractivity contribution in [2.45, 2.75) is 19.9 Å². The van der Waals surface area contributed by atoms with Crippen LogP contribution in [0.15, 0.2) is 17.6 Å². The molecular formula is C6H10ClN. The summed E-state index contributed by atoms with van der Waals surface area (Å²) in [6.45, 7) is 7.23. The van der Waals surface area contributed by atoms with Crippen molar-refractivity contribution in [1.29, 1.82) is 0 Å². The minimum absolute atomic E-state index is 0.146. The predicted octanol–water partition coefficient (Wildman–Crippen LogP) is 2.22. The third-order valence-electron chi connectivity index (χ3n) is 0.723. The highest BCUT2D eigenvalue weighted by Gasteiger charge is 1.87. The van der Waals surface area contributed by atoms with Crippen molar-refractivity contribution in [3.05, 3.63) is 12.7 Å². The quantitative estimate of drug-likeness (QED) is 0.403. The van der Waals surface area contributed by atoms with Crippen molar-refractivity contribution >= 4 is 16.8 Å². The molecule has 0 fully saturated rings. The van der Waals surface area contributed by atoms with Crippen LogP contribution in [0.5, 0.6) is 0 Å². The summed E-state index contributed by atoms with van der Waals surface area (Å²) in [6.07, 6.45) is 1.74. The first kappa shape index (κ1) is 7.70. The monoisotopic (exact) mass is 131 g/mol. The van der Waals surface area contributed by atoms with Crippen LogP contribution in [-0.2, 0) is 0 Å². The number of hydrogen-bond donors (Lipinski definition) is 0. The first-order valence-electron chi connectivity index (χ1n) is 2.49. The van der Waals surface area contributed by atoms with E-state index in [0.29, 0.717) is 5.17 Å². The molecule has 0 aliphatic rings. The molecule has 0 N–H and O–H groups in total. The van der Waals surface area contributed by atoms with Gasteiger partial charge in [0.15, 0.2) is 0 Å². The number of aliphatic imine (C=N–C) groups is 1.